The molecule has 2 aromatic rings. The van der Waals surface area contributed by atoms with Gasteiger partial charge in [-0.05, 0) is 85.2 Å². The van der Waals surface area contributed by atoms with Crippen LogP contribution in [0.25, 0.3) is 11.2 Å². The highest BCUT2D eigenvalue weighted by atomic mass is 16.3. The first-order valence-corrected chi connectivity index (χ1v) is 11.4. The number of imidazole rings is 1. The average molecular weight is 390 g/mol. The first kappa shape index (κ1) is 17.9. The van der Waals surface area contributed by atoms with Crippen LogP contribution >= 0.6 is 0 Å². The summed E-state index contributed by atoms with van der Waals surface area (Å²) in [6.07, 6.45) is 18.6. The second-order valence-corrected chi connectivity index (χ2v) is 10.4. The first-order chi connectivity index (χ1) is 14.0. The van der Waals surface area contributed by atoms with Crippen LogP contribution in [0.1, 0.15) is 64.5 Å². The summed E-state index contributed by atoms with van der Waals surface area (Å²) in [6.45, 7) is 5.01. The predicted molar refractivity (Wildman–Crippen MR) is 114 cm³/mol. The van der Waals surface area contributed by atoms with Crippen LogP contribution in [-0.2, 0) is 0 Å². The summed E-state index contributed by atoms with van der Waals surface area (Å²) in [5, 5.41) is 10.2. The quantitative estimate of drug-likeness (QED) is 0.695. The molecule has 4 aliphatic carbocycles. The molecule has 152 valence electrons. The van der Waals surface area contributed by atoms with E-state index < -0.39 is 0 Å². The molecule has 1 N–H and O–H groups in total. The van der Waals surface area contributed by atoms with Crippen molar-refractivity contribution in [3.05, 3.63) is 48.2 Å². The Bertz CT molecular complexity index is 1040. The lowest BCUT2D eigenvalue weighted by atomic mass is 9.47. The summed E-state index contributed by atoms with van der Waals surface area (Å²) in [5.74, 6) is 2.23. The smallest absolute Gasteiger partial charge is 0.139 e. The van der Waals surface area contributed by atoms with Gasteiger partial charge >= 0.3 is 0 Å². The van der Waals surface area contributed by atoms with Gasteiger partial charge in [0.05, 0.1) is 18.0 Å². The van der Waals surface area contributed by atoms with Gasteiger partial charge < -0.3 is 5.11 Å². The highest BCUT2D eigenvalue weighted by Gasteiger charge is 2.57. The Morgan fingerprint density at radius 2 is 1.93 bits per heavy atom. The second kappa shape index (κ2) is 6.04. The third-order valence-corrected chi connectivity index (χ3v) is 9.25. The molecule has 4 aliphatic rings. The molecule has 2 fully saturated rings. The van der Waals surface area contributed by atoms with E-state index in [4.69, 9.17) is 0 Å². The molecule has 0 bridgehead atoms. The van der Waals surface area contributed by atoms with Crippen LogP contribution < -0.4 is 0 Å². The van der Waals surface area contributed by atoms with E-state index in [0.717, 1.165) is 36.7 Å². The summed E-state index contributed by atoms with van der Waals surface area (Å²) < 4.78 is 2.16. The maximum atomic E-state index is 10.2. The van der Waals surface area contributed by atoms with Crippen LogP contribution in [0.5, 0.6) is 0 Å². The lowest BCUT2D eigenvalue weighted by molar-refractivity contribution is -0.0238. The van der Waals surface area contributed by atoms with Crippen molar-refractivity contribution < 1.29 is 5.11 Å². The molecule has 0 saturated heterocycles. The van der Waals surface area contributed by atoms with Crippen LogP contribution in [0.15, 0.2) is 42.5 Å². The van der Waals surface area contributed by atoms with Crippen LogP contribution in [0.3, 0.4) is 0 Å². The molecule has 3 unspecified atom stereocenters. The Morgan fingerprint density at radius 3 is 2.83 bits per heavy atom. The molecule has 2 heterocycles. The molecule has 0 amide bonds. The Balaban J connectivity index is 1.36. The number of aliphatic hydroxyl groups excluding tert-OH is 1. The van der Waals surface area contributed by atoms with Crippen molar-refractivity contribution in [3.63, 3.8) is 0 Å². The van der Waals surface area contributed by atoms with Gasteiger partial charge in [-0.2, -0.15) is 0 Å². The molecule has 6 rings (SSSR count). The molecule has 4 heteroatoms. The minimum Gasteiger partial charge on any atom is -0.393 e. The van der Waals surface area contributed by atoms with E-state index in [1.807, 2.05) is 24.8 Å². The van der Waals surface area contributed by atoms with Gasteiger partial charge in [0.2, 0.25) is 0 Å². The van der Waals surface area contributed by atoms with Crippen molar-refractivity contribution >= 4 is 11.2 Å². The van der Waals surface area contributed by atoms with E-state index in [1.165, 1.54) is 37.0 Å². The Labute approximate surface area is 172 Å². The zero-order valence-electron chi connectivity index (χ0n) is 17.5. The third-order valence-electron chi connectivity index (χ3n) is 9.25. The van der Waals surface area contributed by atoms with E-state index in [2.05, 4.69) is 40.4 Å². The molecule has 0 radical (unpaired) electrons. The number of aromatic nitrogens is 3. The lowest BCUT2D eigenvalue weighted by Gasteiger charge is -2.57. The minimum atomic E-state index is -0.122. The van der Waals surface area contributed by atoms with Crippen molar-refractivity contribution in [2.24, 2.45) is 28.6 Å². The van der Waals surface area contributed by atoms with Crippen molar-refractivity contribution in [1.82, 2.24) is 14.4 Å². The Kier molecular flexibility index (Phi) is 3.72. The summed E-state index contributed by atoms with van der Waals surface area (Å²) in [7, 11) is 0. The summed E-state index contributed by atoms with van der Waals surface area (Å²) in [4.78, 5) is 8.97. The van der Waals surface area contributed by atoms with Crippen molar-refractivity contribution in [3.8, 4) is 0 Å². The summed E-state index contributed by atoms with van der Waals surface area (Å²) in [5.41, 5.74) is 5.79. The number of hydrogen-bond donors (Lipinski definition) is 1. The highest BCUT2D eigenvalue weighted by molar-refractivity contribution is 5.72. The molecule has 29 heavy (non-hydrogen) atoms. The number of allylic oxidation sites excluding steroid dienone is 3. The topological polar surface area (TPSA) is 50.4 Å². The van der Waals surface area contributed by atoms with Gasteiger partial charge in [-0.15, -0.1) is 0 Å². The lowest BCUT2D eigenvalue weighted by Crippen LogP contribution is -2.49. The number of fused-ring (bicyclic) bond motifs is 6. The predicted octanol–water partition coefficient (Wildman–Crippen LogP) is 5.05. The maximum absolute atomic E-state index is 10.2. The maximum Gasteiger partial charge on any atom is 0.139 e. The van der Waals surface area contributed by atoms with Crippen molar-refractivity contribution in [2.45, 2.75) is 64.9 Å². The fourth-order valence-electron chi connectivity index (χ4n) is 7.64. The Hall–Kier alpha value is -1.94. The molecule has 0 aromatic carbocycles. The fourth-order valence-corrected chi connectivity index (χ4v) is 7.64. The highest BCUT2D eigenvalue weighted by Crippen LogP contribution is 2.66. The summed E-state index contributed by atoms with van der Waals surface area (Å²) >= 11 is 0. The molecule has 2 saturated carbocycles. The standard InChI is InChI=1S/C25H31N3O/c1-24-10-7-17(29)13-16(24)3-4-18-19-5-6-21(25(19,2)11-8-20(18)24)22-14-27-23-9-12-26-15-28(22)23/h3,6,9,12,14-15,17-20,29H,4-5,7-8,10-11,13H2,1-2H3/t17-,18?,19?,20?,24-,25-/m0/s1. The van der Waals surface area contributed by atoms with E-state index in [0.29, 0.717) is 11.3 Å². The van der Waals surface area contributed by atoms with E-state index in [9.17, 15) is 5.11 Å². The van der Waals surface area contributed by atoms with Crippen LogP contribution in [0.4, 0.5) is 0 Å². The molecule has 0 aliphatic heterocycles. The molecule has 0 spiro atoms. The van der Waals surface area contributed by atoms with Crippen LogP contribution in [0.2, 0.25) is 0 Å². The minimum absolute atomic E-state index is 0.122. The van der Waals surface area contributed by atoms with Crippen molar-refractivity contribution in [1.29, 1.82) is 0 Å². The average Bonchev–Trinajstić information content (AvgIpc) is 3.29. The second-order valence-electron chi connectivity index (χ2n) is 10.4. The SMILES string of the molecule is C[C@]12CC[C@H](O)CC1=CCC1C2CC[C@]2(C)C(c3cnc4ccncn34)=CCC12. The van der Waals surface area contributed by atoms with Crippen LogP contribution in [0, 0.1) is 28.6 Å². The van der Waals surface area contributed by atoms with E-state index in [1.54, 1.807) is 5.57 Å². The molecular formula is C25H31N3O. The monoisotopic (exact) mass is 389 g/mol. The molecule has 6 atom stereocenters. The van der Waals surface area contributed by atoms with Gasteiger partial charge in [0.15, 0.2) is 0 Å². The van der Waals surface area contributed by atoms with Gasteiger partial charge in [-0.3, -0.25) is 4.40 Å². The van der Waals surface area contributed by atoms with Gasteiger partial charge in [-0.25, -0.2) is 9.97 Å². The van der Waals surface area contributed by atoms with E-state index >= 15 is 0 Å². The van der Waals surface area contributed by atoms with Crippen molar-refractivity contribution in [2.75, 3.05) is 0 Å². The largest absolute Gasteiger partial charge is 0.393 e. The van der Waals surface area contributed by atoms with Gasteiger partial charge in [0, 0.05) is 6.20 Å². The fraction of sp³-hybridized carbons (Fsp3) is 0.600. The summed E-state index contributed by atoms with van der Waals surface area (Å²) in [6, 6.07) is 1.99. The van der Waals surface area contributed by atoms with E-state index in [-0.39, 0.29) is 11.5 Å². The zero-order chi connectivity index (χ0) is 19.8. The molecular weight excluding hydrogens is 358 g/mol. The van der Waals surface area contributed by atoms with Gasteiger partial charge in [0.25, 0.3) is 0 Å². The van der Waals surface area contributed by atoms with Gasteiger partial charge in [-0.1, -0.05) is 31.6 Å². The normalized spacial score (nSPS) is 41.3. The van der Waals surface area contributed by atoms with Crippen LogP contribution in [-0.4, -0.2) is 25.6 Å². The number of nitrogens with zero attached hydrogens (tertiary/aromatic N) is 3. The number of aliphatic hydroxyl groups is 1. The number of rotatable bonds is 1. The van der Waals surface area contributed by atoms with Gasteiger partial charge in [0.1, 0.15) is 12.0 Å². The zero-order valence-corrected chi connectivity index (χ0v) is 17.5. The number of hydrogen-bond acceptors (Lipinski definition) is 3. The Morgan fingerprint density at radius 1 is 1.07 bits per heavy atom. The first-order valence-electron chi connectivity index (χ1n) is 11.4. The third kappa shape index (κ3) is 2.35. The molecule has 4 nitrogen and oxygen atoms in total. The molecule has 2 aromatic heterocycles.